The van der Waals surface area contributed by atoms with Crippen molar-refractivity contribution in [3.05, 3.63) is 46.1 Å². The average molecular weight is 499 g/mol. The van der Waals surface area contributed by atoms with Crippen LogP contribution in [0.2, 0.25) is 0 Å². The van der Waals surface area contributed by atoms with E-state index in [2.05, 4.69) is 51.6 Å². The summed E-state index contributed by atoms with van der Waals surface area (Å²) in [6.07, 6.45) is 1.89. The van der Waals surface area contributed by atoms with E-state index in [9.17, 15) is 43.2 Å². The summed E-state index contributed by atoms with van der Waals surface area (Å²) in [5.41, 5.74) is -9.78. The van der Waals surface area contributed by atoms with Crippen molar-refractivity contribution in [2.45, 2.75) is 38.3 Å². The van der Waals surface area contributed by atoms with Gasteiger partial charge in [0.05, 0.1) is 19.6 Å². The molecule has 0 bridgehead atoms. The van der Waals surface area contributed by atoms with Gasteiger partial charge in [0, 0.05) is 5.56 Å². The molecule has 0 unspecified atom stereocenters. The molecule has 0 N–H and O–H groups in total. The van der Waals surface area contributed by atoms with E-state index in [0.29, 0.717) is 0 Å². The van der Waals surface area contributed by atoms with Gasteiger partial charge in [0.15, 0.2) is 20.0 Å². The normalized spacial score (nSPS) is 13.3. The molecule has 0 spiro atoms. The van der Waals surface area contributed by atoms with E-state index in [0.717, 1.165) is 10.7 Å². The number of benzene rings is 1. The van der Waals surface area contributed by atoms with E-state index in [1.165, 1.54) is 35.2 Å². The van der Waals surface area contributed by atoms with Crippen molar-refractivity contribution in [2.75, 3.05) is 19.6 Å². The summed E-state index contributed by atoms with van der Waals surface area (Å²) in [5, 5.41) is 0. The highest BCUT2D eigenvalue weighted by Gasteiger charge is 2.46. The van der Waals surface area contributed by atoms with Crippen LogP contribution in [0, 0.1) is 0 Å². The quantitative estimate of drug-likeness (QED) is 0.382. The van der Waals surface area contributed by atoms with Crippen LogP contribution in [0.5, 0.6) is 0 Å². The van der Waals surface area contributed by atoms with Gasteiger partial charge in [-0.05, 0) is 26.3 Å². The molecule has 1 aromatic carbocycles. The standard InChI is InChI=1S/C15H24N.C2F6NO4S2/c1-5-14-9-11-15(12-10-14)13-16(6-2,7-3)8-4;3-1(4,5)14(10,11)9-15(12,13)2(6,7)8/h5,9-12H,1,6-8,13H2,2-4H3;/q+1;-1. The molecular formula is C17H24F6N2O4S2. The first kappa shape index (κ1) is 29.4. The predicted octanol–water partition coefficient (Wildman–Crippen LogP) is 4.77. The number of alkyl halides is 6. The maximum Gasteiger partial charge on any atom is 0.480 e. The molecule has 0 atom stereocenters. The van der Waals surface area contributed by atoms with Crippen LogP contribution in [0.25, 0.3) is 10.2 Å². The maximum atomic E-state index is 11.4. The Morgan fingerprint density at radius 3 is 1.45 bits per heavy atom. The van der Waals surface area contributed by atoms with Gasteiger partial charge in [-0.15, -0.1) is 0 Å². The summed E-state index contributed by atoms with van der Waals surface area (Å²) in [7, 11) is -13.4. The largest absolute Gasteiger partial charge is 0.480 e. The Kier molecular flexibility index (Phi) is 10.2. The fraction of sp³-hybridized carbons (Fsp3) is 0.529. The van der Waals surface area contributed by atoms with Crippen molar-refractivity contribution < 1.29 is 47.7 Å². The molecule has 0 saturated heterocycles. The predicted molar refractivity (Wildman–Crippen MR) is 105 cm³/mol. The van der Waals surface area contributed by atoms with E-state index in [1.807, 2.05) is 6.08 Å². The lowest BCUT2D eigenvalue weighted by Gasteiger charge is -2.35. The van der Waals surface area contributed by atoms with Gasteiger partial charge in [-0.3, -0.25) is 0 Å². The smallest absolute Gasteiger partial charge is 0.421 e. The first-order valence-corrected chi connectivity index (χ1v) is 11.7. The number of hydrogen-bond acceptors (Lipinski definition) is 4. The second-order valence-electron chi connectivity index (χ2n) is 6.31. The maximum absolute atomic E-state index is 11.4. The Balaban J connectivity index is 0.000000582. The van der Waals surface area contributed by atoms with Crippen LogP contribution in [-0.4, -0.2) is 52.0 Å². The molecule has 31 heavy (non-hydrogen) atoms. The summed E-state index contributed by atoms with van der Waals surface area (Å²) in [5.74, 6) is 0. The van der Waals surface area contributed by atoms with Gasteiger partial charge in [-0.2, -0.15) is 26.3 Å². The second kappa shape index (κ2) is 10.8. The van der Waals surface area contributed by atoms with Crippen LogP contribution in [0.1, 0.15) is 31.9 Å². The highest BCUT2D eigenvalue weighted by atomic mass is 32.3. The van der Waals surface area contributed by atoms with E-state index in [4.69, 9.17) is 0 Å². The zero-order valence-electron chi connectivity index (χ0n) is 17.0. The number of rotatable bonds is 8. The number of sulfonamides is 2. The van der Waals surface area contributed by atoms with Gasteiger partial charge >= 0.3 is 11.0 Å². The Morgan fingerprint density at radius 1 is 0.839 bits per heavy atom. The van der Waals surface area contributed by atoms with E-state index < -0.39 is 31.1 Å². The number of hydrogen-bond donors (Lipinski definition) is 0. The SMILES string of the molecule is C=Cc1ccc(C[N+](CC)(CC)CC)cc1.O=S(=O)([N-]S(=O)(=O)C(F)(F)F)C(F)(F)F. The van der Waals surface area contributed by atoms with E-state index >= 15 is 0 Å². The van der Waals surface area contributed by atoms with Gasteiger partial charge in [0.1, 0.15) is 6.54 Å². The Labute approximate surface area is 178 Å². The highest BCUT2D eigenvalue weighted by molar-refractivity contribution is 8.13. The molecule has 0 aliphatic heterocycles. The molecule has 0 saturated carbocycles. The average Bonchev–Trinajstić information content (AvgIpc) is 2.65. The highest BCUT2D eigenvalue weighted by Crippen LogP contribution is 2.36. The van der Waals surface area contributed by atoms with Crippen molar-refractivity contribution in [1.29, 1.82) is 0 Å². The van der Waals surface area contributed by atoms with Crippen LogP contribution in [0.15, 0.2) is 30.8 Å². The van der Waals surface area contributed by atoms with E-state index in [1.54, 1.807) is 0 Å². The van der Waals surface area contributed by atoms with Crippen molar-refractivity contribution >= 4 is 26.1 Å². The minimum atomic E-state index is -6.72. The first-order valence-electron chi connectivity index (χ1n) is 8.83. The van der Waals surface area contributed by atoms with Crippen molar-refractivity contribution in [1.82, 2.24) is 0 Å². The summed E-state index contributed by atoms with van der Waals surface area (Å²) in [6.45, 7) is 15.4. The lowest BCUT2D eigenvalue weighted by molar-refractivity contribution is -0.936. The topological polar surface area (TPSA) is 82.4 Å². The van der Waals surface area contributed by atoms with Gasteiger partial charge in [0.2, 0.25) is 0 Å². The molecule has 1 rings (SSSR count). The molecule has 0 radical (unpaired) electrons. The third-order valence-corrected chi connectivity index (χ3v) is 7.27. The zero-order valence-corrected chi connectivity index (χ0v) is 18.7. The molecule has 14 heteroatoms. The minimum absolute atomic E-state index is 0.778. The molecule has 180 valence electrons. The molecule has 0 heterocycles. The molecule has 0 fully saturated rings. The van der Waals surface area contributed by atoms with Crippen LogP contribution in [-0.2, 0) is 26.6 Å². The van der Waals surface area contributed by atoms with Crippen LogP contribution < -0.4 is 0 Å². The molecule has 0 aliphatic carbocycles. The lowest BCUT2D eigenvalue weighted by Crippen LogP contribution is -2.46. The van der Waals surface area contributed by atoms with Crippen molar-refractivity contribution in [3.8, 4) is 0 Å². The van der Waals surface area contributed by atoms with Gasteiger partial charge < -0.3 is 8.61 Å². The second-order valence-corrected chi connectivity index (χ2v) is 9.73. The fourth-order valence-electron chi connectivity index (χ4n) is 2.37. The Hall–Kier alpha value is -1.64. The molecule has 6 nitrogen and oxygen atoms in total. The summed E-state index contributed by atoms with van der Waals surface area (Å²) < 4.78 is 110. The molecule has 1 aromatic rings. The summed E-state index contributed by atoms with van der Waals surface area (Å²) in [6, 6.07) is 8.76. The van der Waals surface area contributed by atoms with Gasteiger partial charge in [-0.1, -0.05) is 36.9 Å². The minimum Gasteiger partial charge on any atom is -0.421 e. The molecular weight excluding hydrogens is 474 g/mol. The van der Waals surface area contributed by atoms with Crippen molar-refractivity contribution in [2.24, 2.45) is 0 Å². The Morgan fingerprint density at radius 2 is 1.19 bits per heavy atom. The van der Waals surface area contributed by atoms with Crippen LogP contribution in [0.3, 0.4) is 0 Å². The molecule has 0 amide bonds. The third-order valence-electron chi connectivity index (χ3n) is 4.53. The third kappa shape index (κ3) is 8.43. The first-order chi connectivity index (χ1) is 13.9. The Bertz CT molecular complexity index is 871. The summed E-state index contributed by atoms with van der Waals surface area (Å²) >= 11 is 0. The molecule has 0 aliphatic rings. The van der Waals surface area contributed by atoms with Crippen LogP contribution >= 0.6 is 0 Å². The lowest BCUT2D eigenvalue weighted by atomic mass is 10.1. The van der Waals surface area contributed by atoms with E-state index in [-0.39, 0.29) is 0 Å². The molecule has 0 aromatic heterocycles. The van der Waals surface area contributed by atoms with Crippen LogP contribution in [0.4, 0.5) is 26.3 Å². The number of quaternary nitrogens is 1. The van der Waals surface area contributed by atoms with Crippen molar-refractivity contribution in [3.63, 3.8) is 0 Å². The van der Waals surface area contributed by atoms with Gasteiger partial charge in [0.25, 0.3) is 0 Å². The number of halogens is 6. The number of nitrogens with zero attached hydrogens (tertiary/aromatic N) is 2. The fourth-order valence-corrected chi connectivity index (χ4v) is 4.08. The van der Waals surface area contributed by atoms with Gasteiger partial charge in [-0.25, -0.2) is 16.8 Å². The zero-order chi connectivity index (χ0) is 24.7. The summed E-state index contributed by atoms with van der Waals surface area (Å²) in [4.78, 5) is 0. The monoisotopic (exact) mass is 498 g/mol.